The van der Waals surface area contributed by atoms with Gasteiger partial charge in [-0.05, 0) is 32.3 Å². The predicted octanol–water partition coefficient (Wildman–Crippen LogP) is 3.80. The molecule has 0 atom stereocenters. The molecule has 3 heteroatoms. The molecule has 0 aliphatic heterocycles. The maximum atomic E-state index is 11.9. The van der Waals surface area contributed by atoms with Gasteiger partial charge in [0, 0.05) is 0 Å². The first-order valence-electron chi connectivity index (χ1n) is 5.71. The monoisotopic (exact) mass is 242 g/mol. The van der Waals surface area contributed by atoms with Crippen molar-refractivity contribution >= 4 is 17.6 Å². The van der Waals surface area contributed by atoms with Gasteiger partial charge in [-0.2, -0.15) is 0 Å². The van der Waals surface area contributed by atoms with Crippen molar-refractivity contribution in [2.45, 2.75) is 46.0 Å². The Morgan fingerprint density at radius 2 is 1.81 bits per heavy atom. The second-order valence-electron chi connectivity index (χ2n) is 4.57. The van der Waals surface area contributed by atoms with Gasteiger partial charge < -0.3 is 4.74 Å². The molecule has 1 saturated carbocycles. The number of methoxy groups -OCH3 is 1. The van der Waals surface area contributed by atoms with Crippen molar-refractivity contribution < 1.29 is 9.53 Å². The molecule has 0 heterocycles. The number of carbonyl (C=O) groups excluding carboxylic acids is 1. The Morgan fingerprint density at radius 1 is 1.25 bits per heavy atom. The highest BCUT2D eigenvalue weighted by Crippen LogP contribution is 2.44. The van der Waals surface area contributed by atoms with Gasteiger partial charge in [-0.3, -0.25) is 4.79 Å². The smallest absolute Gasteiger partial charge is 0.317 e. The Hall–Kier alpha value is -0.720. The lowest BCUT2D eigenvalue weighted by Crippen LogP contribution is -2.34. The van der Waals surface area contributed by atoms with E-state index in [1.807, 2.05) is 13.8 Å². The molecule has 1 aliphatic carbocycles. The Kier molecular flexibility index (Phi) is 4.64. The third kappa shape index (κ3) is 2.69. The molecule has 1 fully saturated rings. The van der Waals surface area contributed by atoms with E-state index in [0.717, 1.165) is 37.7 Å². The van der Waals surface area contributed by atoms with Gasteiger partial charge in [-0.15, -0.1) is 5.73 Å². The summed E-state index contributed by atoms with van der Waals surface area (Å²) in [6, 6.07) is 0. The molecule has 0 spiro atoms. The topological polar surface area (TPSA) is 26.3 Å². The fraction of sp³-hybridized carbons (Fsp3) is 0.692. The van der Waals surface area contributed by atoms with Crippen LogP contribution >= 0.6 is 11.6 Å². The van der Waals surface area contributed by atoms with Crippen molar-refractivity contribution in [2.24, 2.45) is 5.41 Å². The molecule has 0 N–H and O–H groups in total. The molecule has 90 valence electrons. The minimum Gasteiger partial charge on any atom is -0.468 e. The Morgan fingerprint density at radius 3 is 2.25 bits per heavy atom. The van der Waals surface area contributed by atoms with Crippen molar-refractivity contribution in [1.82, 2.24) is 0 Å². The van der Waals surface area contributed by atoms with E-state index in [2.05, 4.69) is 5.73 Å². The van der Waals surface area contributed by atoms with Gasteiger partial charge in [0.1, 0.15) is 5.41 Å². The van der Waals surface area contributed by atoms with Gasteiger partial charge in [0.2, 0.25) is 0 Å². The summed E-state index contributed by atoms with van der Waals surface area (Å²) in [5, 5.41) is 0.513. The molecular weight excluding hydrogens is 224 g/mol. The average molecular weight is 243 g/mol. The second kappa shape index (κ2) is 5.56. The van der Waals surface area contributed by atoms with Crippen molar-refractivity contribution in [2.75, 3.05) is 7.11 Å². The summed E-state index contributed by atoms with van der Waals surface area (Å²) < 4.78 is 4.90. The molecule has 1 rings (SSSR count). The highest BCUT2D eigenvalue weighted by Gasteiger charge is 2.43. The number of hydrogen-bond acceptors (Lipinski definition) is 2. The lowest BCUT2D eigenvalue weighted by atomic mass is 9.73. The molecule has 0 saturated heterocycles. The number of ether oxygens (including phenoxy) is 1. The van der Waals surface area contributed by atoms with E-state index in [-0.39, 0.29) is 5.97 Å². The zero-order chi connectivity index (χ0) is 12.2. The molecule has 16 heavy (non-hydrogen) atoms. The number of rotatable bonds is 2. The van der Waals surface area contributed by atoms with Gasteiger partial charge in [0.15, 0.2) is 0 Å². The van der Waals surface area contributed by atoms with E-state index in [1.165, 1.54) is 7.11 Å². The first-order valence-corrected chi connectivity index (χ1v) is 6.09. The van der Waals surface area contributed by atoms with E-state index >= 15 is 0 Å². The number of hydrogen-bond donors (Lipinski definition) is 0. The quantitative estimate of drug-likeness (QED) is 0.544. The standard InChI is InChI=1S/C13H19ClO2/c1-10(2)9-11(14)13(12(15)16-3)7-5-4-6-8-13/h4-8H2,1-3H3. The van der Waals surface area contributed by atoms with Crippen LogP contribution in [0.25, 0.3) is 0 Å². The fourth-order valence-electron chi connectivity index (χ4n) is 2.20. The maximum absolute atomic E-state index is 11.9. The SMILES string of the molecule is COC(=O)C1(C(Cl)=C=C(C)C)CCCCC1. The van der Waals surface area contributed by atoms with Crippen LogP contribution in [0.4, 0.5) is 0 Å². The first kappa shape index (κ1) is 13.3. The molecule has 0 unspecified atom stereocenters. The average Bonchev–Trinajstić information content (AvgIpc) is 2.28. The third-order valence-electron chi connectivity index (χ3n) is 3.06. The zero-order valence-corrected chi connectivity index (χ0v) is 11.0. The van der Waals surface area contributed by atoms with Gasteiger partial charge in [0.25, 0.3) is 0 Å². The summed E-state index contributed by atoms with van der Waals surface area (Å²) in [6.45, 7) is 3.85. The van der Waals surface area contributed by atoms with E-state index in [0.29, 0.717) is 5.03 Å². The third-order valence-corrected chi connectivity index (χ3v) is 3.52. The molecule has 0 aromatic heterocycles. The van der Waals surface area contributed by atoms with Crippen LogP contribution in [-0.4, -0.2) is 13.1 Å². The van der Waals surface area contributed by atoms with Crippen LogP contribution in [0.2, 0.25) is 0 Å². The number of halogens is 1. The summed E-state index contributed by atoms with van der Waals surface area (Å²) in [4.78, 5) is 11.9. The molecule has 0 amide bonds. The van der Waals surface area contributed by atoms with Crippen LogP contribution in [0.5, 0.6) is 0 Å². The van der Waals surface area contributed by atoms with Crippen LogP contribution in [0.3, 0.4) is 0 Å². The van der Waals surface area contributed by atoms with Gasteiger partial charge in [-0.25, -0.2) is 0 Å². The summed E-state index contributed by atoms with van der Waals surface area (Å²) in [5.41, 5.74) is 3.42. The highest BCUT2D eigenvalue weighted by atomic mass is 35.5. The fourth-order valence-corrected chi connectivity index (χ4v) is 2.66. The van der Waals surface area contributed by atoms with E-state index < -0.39 is 5.41 Å². The lowest BCUT2D eigenvalue weighted by molar-refractivity contribution is -0.151. The van der Waals surface area contributed by atoms with Gasteiger partial charge in [-0.1, -0.05) is 30.9 Å². The van der Waals surface area contributed by atoms with Gasteiger partial charge in [0.05, 0.1) is 12.1 Å². The molecule has 0 aromatic rings. The molecule has 0 radical (unpaired) electrons. The second-order valence-corrected chi connectivity index (χ2v) is 4.95. The molecule has 1 aliphatic rings. The largest absolute Gasteiger partial charge is 0.468 e. The van der Waals surface area contributed by atoms with Crippen molar-refractivity contribution in [3.8, 4) is 0 Å². The Bertz CT molecular complexity index is 328. The van der Waals surface area contributed by atoms with E-state index in [1.54, 1.807) is 0 Å². The number of esters is 1. The Labute approximate surface area is 102 Å². The van der Waals surface area contributed by atoms with E-state index in [4.69, 9.17) is 16.3 Å². The summed E-state index contributed by atoms with van der Waals surface area (Å²) in [6.07, 6.45) is 4.76. The van der Waals surface area contributed by atoms with Crippen LogP contribution < -0.4 is 0 Å². The molecule has 2 nitrogen and oxygen atoms in total. The summed E-state index contributed by atoms with van der Waals surface area (Å²) in [7, 11) is 1.42. The van der Waals surface area contributed by atoms with Crippen LogP contribution in [-0.2, 0) is 9.53 Å². The van der Waals surface area contributed by atoms with Crippen LogP contribution in [0, 0.1) is 5.41 Å². The van der Waals surface area contributed by atoms with Crippen LogP contribution in [0.1, 0.15) is 46.0 Å². The minimum absolute atomic E-state index is 0.217. The predicted molar refractivity (Wildman–Crippen MR) is 65.3 cm³/mol. The minimum atomic E-state index is -0.633. The summed E-state index contributed by atoms with van der Waals surface area (Å²) in [5.74, 6) is -0.217. The highest BCUT2D eigenvalue weighted by molar-refractivity contribution is 6.31. The number of carbonyl (C=O) groups is 1. The Balaban J connectivity index is 3.14. The normalized spacial score (nSPS) is 18.5. The van der Waals surface area contributed by atoms with Crippen molar-refractivity contribution in [3.05, 3.63) is 16.3 Å². The zero-order valence-electron chi connectivity index (χ0n) is 10.2. The summed E-state index contributed by atoms with van der Waals surface area (Å²) >= 11 is 6.27. The lowest BCUT2D eigenvalue weighted by Gasteiger charge is -2.33. The van der Waals surface area contributed by atoms with Crippen molar-refractivity contribution in [3.63, 3.8) is 0 Å². The molecular formula is C13H19ClO2. The van der Waals surface area contributed by atoms with Gasteiger partial charge >= 0.3 is 5.97 Å². The van der Waals surface area contributed by atoms with E-state index in [9.17, 15) is 4.79 Å². The maximum Gasteiger partial charge on any atom is 0.317 e. The van der Waals surface area contributed by atoms with Crippen LogP contribution in [0.15, 0.2) is 16.3 Å². The molecule has 0 bridgehead atoms. The first-order chi connectivity index (χ1) is 7.53. The van der Waals surface area contributed by atoms with Crippen molar-refractivity contribution in [1.29, 1.82) is 0 Å². The molecule has 0 aromatic carbocycles.